The molecule has 0 aromatic rings. The SMILES string of the molecule is CCOC(=O)C(=O)CC.CCOC(=O)CC(=O)OCC. The van der Waals surface area contributed by atoms with Crippen molar-refractivity contribution in [1.82, 2.24) is 0 Å². The largest absolute Gasteiger partial charge is 0.466 e. The topological polar surface area (TPSA) is 96.0 Å². The first-order chi connectivity index (χ1) is 9.42. The molecule has 0 saturated heterocycles. The molecule has 0 amide bonds. The van der Waals surface area contributed by atoms with Gasteiger partial charge in [-0.05, 0) is 20.8 Å². The third kappa shape index (κ3) is 12.5. The van der Waals surface area contributed by atoms with Crippen molar-refractivity contribution < 1.29 is 33.4 Å². The molecule has 20 heavy (non-hydrogen) atoms. The molecule has 0 unspecified atom stereocenters. The molecule has 7 heteroatoms. The molecule has 0 heterocycles. The number of ether oxygens (including phenoxy) is 3. The highest BCUT2D eigenvalue weighted by Gasteiger charge is 2.10. The van der Waals surface area contributed by atoms with Gasteiger partial charge in [-0.2, -0.15) is 0 Å². The Balaban J connectivity index is 0. The molecule has 0 N–H and O–H groups in total. The monoisotopic (exact) mass is 290 g/mol. The summed E-state index contributed by atoms with van der Waals surface area (Å²) in [4.78, 5) is 42.0. The Morgan fingerprint density at radius 1 is 0.700 bits per heavy atom. The van der Waals surface area contributed by atoms with Gasteiger partial charge in [-0.1, -0.05) is 6.92 Å². The minimum absolute atomic E-state index is 0.221. The smallest absolute Gasteiger partial charge is 0.374 e. The van der Waals surface area contributed by atoms with E-state index in [0.29, 0.717) is 0 Å². The van der Waals surface area contributed by atoms with Gasteiger partial charge in [0, 0.05) is 6.42 Å². The van der Waals surface area contributed by atoms with E-state index >= 15 is 0 Å². The lowest BCUT2D eigenvalue weighted by molar-refractivity contribution is -0.154. The Morgan fingerprint density at radius 2 is 1.10 bits per heavy atom. The molecule has 0 aliphatic heterocycles. The predicted octanol–water partition coefficient (Wildman–Crippen LogP) is 1.03. The van der Waals surface area contributed by atoms with E-state index in [-0.39, 0.29) is 32.7 Å². The lowest BCUT2D eigenvalue weighted by atomic mass is 10.3. The van der Waals surface area contributed by atoms with Gasteiger partial charge < -0.3 is 14.2 Å². The molecular weight excluding hydrogens is 268 g/mol. The number of carbonyl (C=O) groups is 4. The van der Waals surface area contributed by atoms with Gasteiger partial charge in [0.25, 0.3) is 0 Å². The van der Waals surface area contributed by atoms with E-state index in [9.17, 15) is 19.2 Å². The molecule has 0 radical (unpaired) electrons. The second-order valence-corrected chi connectivity index (χ2v) is 3.28. The number of ketones is 1. The van der Waals surface area contributed by atoms with Crippen molar-refractivity contribution in [1.29, 1.82) is 0 Å². The van der Waals surface area contributed by atoms with Gasteiger partial charge in [0.15, 0.2) is 0 Å². The fourth-order valence-corrected chi connectivity index (χ4v) is 0.898. The van der Waals surface area contributed by atoms with E-state index in [1.807, 2.05) is 0 Å². The van der Waals surface area contributed by atoms with Crippen LogP contribution in [-0.2, 0) is 33.4 Å². The first-order valence-electron chi connectivity index (χ1n) is 6.43. The van der Waals surface area contributed by atoms with Gasteiger partial charge in [-0.15, -0.1) is 0 Å². The van der Waals surface area contributed by atoms with Gasteiger partial charge >= 0.3 is 17.9 Å². The van der Waals surface area contributed by atoms with Gasteiger partial charge in [0.05, 0.1) is 19.8 Å². The predicted molar refractivity (Wildman–Crippen MR) is 69.8 cm³/mol. The standard InChI is InChI=1S/C7H12O4.C6H10O3/c1-3-10-6(8)5-7(9)11-4-2;1-3-5(7)6(8)9-4-2/h3-5H2,1-2H3;3-4H2,1-2H3. The minimum Gasteiger partial charge on any atom is -0.466 e. The van der Waals surface area contributed by atoms with Crippen molar-refractivity contribution in [2.45, 2.75) is 40.5 Å². The minimum atomic E-state index is -0.722. The Hall–Kier alpha value is -1.92. The maximum absolute atomic E-state index is 10.6. The first-order valence-corrected chi connectivity index (χ1v) is 6.43. The van der Waals surface area contributed by atoms with Crippen LogP contribution in [0.5, 0.6) is 0 Å². The average Bonchev–Trinajstić information content (AvgIpc) is 2.39. The summed E-state index contributed by atoms with van der Waals surface area (Å²) in [7, 11) is 0. The number of hydrogen-bond acceptors (Lipinski definition) is 7. The average molecular weight is 290 g/mol. The third-order valence-electron chi connectivity index (χ3n) is 1.72. The van der Waals surface area contributed by atoms with Crippen LogP contribution in [-0.4, -0.2) is 43.5 Å². The normalized spacial score (nSPS) is 8.80. The number of carbonyl (C=O) groups excluding carboxylic acids is 4. The fourth-order valence-electron chi connectivity index (χ4n) is 0.898. The molecule has 0 aromatic carbocycles. The lowest BCUT2D eigenvalue weighted by Gasteiger charge is -2.00. The molecule has 0 spiro atoms. The maximum atomic E-state index is 10.6. The number of esters is 3. The van der Waals surface area contributed by atoms with Crippen LogP contribution in [0.25, 0.3) is 0 Å². The molecular formula is C13H22O7. The summed E-state index contributed by atoms with van der Waals surface area (Å²) in [6.45, 7) is 7.51. The quantitative estimate of drug-likeness (QED) is 0.299. The Morgan fingerprint density at radius 3 is 1.40 bits per heavy atom. The van der Waals surface area contributed by atoms with E-state index in [1.54, 1.807) is 27.7 Å². The van der Waals surface area contributed by atoms with Gasteiger partial charge in [0.1, 0.15) is 6.42 Å². The first kappa shape index (κ1) is 20.4. The van der Waals surface area contributed by atoms with Crippen molar-refractivity contribution >= 4 is 23.7 Å². The van der Waals surface area contributed by atoms with Crippen molar-refractivity contribution in [2.24, 2.45) is 0 Å². The second kappa shape index (κ2) is 13.5. The number of rotatable bonds is 7. The van der Waals surface area contributed by atoms with E-state index in [1.165, 1.54) is 0 Å². The zero-order valence-corrected chi connectivity index (χ0v) is 12.4. The van der Waals surface area contributed by atoms with Crippen LogP contribution in [0.4, 0.5) is 0 Å². The molecule has 116 valence electrons. The fraction of sp³-hybridized carbons (Fsp3) is 0.692. The molecule has 0 saturated carbocycles. The van der Waals surface area contributed by atoms with Crippen LogP contribution in [0.1, 0.15) is 40.5 Å². The summed E-state index contributed by atoms with van der Waals surface area (Å²) in [6, 6.07) is 0. The Labute approximate surface area is 118 Å². The van der Waals surface area contributed by atoms with Gasteiger partial charge in [-0.3, -0.25) is 14.4 Å². The highest BCUT2D eigenvalue weighted by Crippen LogP contribution is 1.89. The molecule has 0 atom stereocenters. The Kier molecular flexibility index (Phi) is 13.8. The molecule has 0 bridgehead atoms. The van der Waals surface area contributed by atoms with Crippen molar-refractivity contribution in [2.75, 3.05) is 19.8 Å². The van der Waals surface area contributed by atoms with Crippen LogP contribution >= 0.6 is 0 Å². The maximum Gasteiger partial charge on any atom is 0.374 e. The van der Waals surface area contributed by atoms with Crippen molar-refractivity contribution in [3.63, 3.8) is 0 Å². The molecule has 0 fully saturated rings. The van der Waals surface area contributed by atoms with Gasteiger partial charge in [-0.25, -0.2) is 4.79 Å². The van der Waals surface area contributed by atoms with Crippen LogP contribution in [0, 0.1) is 0 Å². The summed E-state index contributed by atoms with van der Waals surface area (Å²) >= 11 is 0. The molecule has 7 nitrogen and oxygen atoms in total. The van der Waals surface area contributed by atoms with E-state index < -0.39 is 23.7 Å². The molecule has 0 aliphatic carbocycles. The van der Waals surface area contributed by atoms with Crippen LogP contribution in [0.3, 0.4) is 0 Å². The summed E-state index contributed by atoms with van der Waals surface area (Å²) in [5, 5.41) is 0. The van der Waals surface area contributed by atoms with E-state index in [4.69, 9.17) is 0 Å². The number of hydrogen-bond donors (Lipinski definition) is 0. The number of Topliss-reactive ketones (excluding diaryl/α,β-unsaturated/α-hetero) is 1. The zero-order chi connectivity index (χ0) is 16.0. The summed E-state index contributed by atoms with van der Waals surface area (Å²) < 4.78 is 13.4. The van der Waals surface area contributed by atoms with Crippen LogP contribution < -0.4 is 0 Å². The zero-order valence-electron chi connectivity index (χ0n) is 12.4. The molecule has 0 aromatic heterocycles. The van der Waals surface area contributed by atoms with Crippen molar-refractivity contribution in [3.8, 4) is 0 Å². The van der Waals surface area contributed by atoms with E-state index in [2.05, 4.69) is 14.2 Å². The summed E-state index contributed by atoms with van der Waals surface area (Å²) in [6.07, 6.45) is -0.0689. The highest BCUT2D eigenvalue weighted by atomic mass is 16.6. The highest BCUT2D eigenvalue weighted by molar-refractivity contribution is 6.33. The summed E-state index contributed by atoms with van der Waals surface area (Å²) in [5.74, 6) is -2.26. The molecule has 0 rings (SSSR count). The molecule has 0 aliphatic rings. The third-order valence-corrected chi connectivity index (χ3v) is 1.72. The Bertz CT molecular complexity index is 307. The second-order valence-electron chi connectivity index (χ2n) is 3.28. The summed E-state index contributed by atoms with van der Waals surface area (Å²) in [5.41, 5.74) is 0. The van der Waals surface area contributed by atoms with Crippen LogP contribution in [0.15, 0.2) is 0 Å². The van der Waals surface area contributed by atoms with Crippen molar-refractivity contribution in [3.05, 3.63) is 0 Å². The van der Waals surface area contributed by atoms with Gasteiger partial charge in [0.2, 0.25) is 5.78 Å². The van der Waals surface area contributed by atoms with E-state index in [0.717, 1.165) is 0 Å². The lowest BCUT2D eigenvalue weighted by Crippen LogP contribution is -2.15. The van der Waals surface area contributed by atoms with Crippen LogP contribution in [0.2, 0.25) is 0 Å².